The summed E-state index contributed by atoms with van der Waals surface area (Å²) < 4.78 is 0. The predicted molar refractivity (Wildman–Crippen MR) is 71.9 cm³/mol. The maximum Gasteiger partial charge on any atom is 0.303 e. The zero-order chi connectivity index (χ0) is 13.8. The number of benzene rings is 1. The van der Waals surface area contributed by atoms with Gasteiger partial charge >= 0.3 is 5.97 Å². The highest BCUT2D eigenvalue weighted by molar-refractivity contribution is 5.83. The van der Waals surface area contributed by atoms with E-state index in [9.17, 15) is 9.59 Å². The highest BCUT2D eigenvalue weighted by Crippen LogP contribution is 2.48. The van der Waals surface area contributed by atoms with Gasteiger partial charge in [-0.2, -0.15) is 0 Å². The number of aryl methyl sites for hydroxylation is 1. The third kappa shape index (κ3) is 3.56. The van der Waals surface area contributed by atoms with Gasteiger partial charge in [0.1, 0.15) is 0 Å². The molecule has 2 atom stereocenters. The monoisotopic (exact) mass is 261 g/mol. The molecule has 4 nitrogen and oxygen atoms in total. The van der Waals surface area contributed by atoms with Crippen molar-refractivity contribution in [2.45, 2.75) is 32.1 Å². The van der Waals surface area contributed by atoms with Crippen molar-refractivity contribution in [2.24, 2.45) is 5.92 Å². The molecular formula is C15H19NO3. The SMILES string of the molecule is Cc1ccccc1C1CC1C(=O)NCCCC(=O)O. The van der Waals surface area contributed by atoms with Gasteiger partial charge in [-0.3, -0.25) is 9.59 Å². The first-order chi connectivity index (χ1) is 9.09. The molecule has 0 aromatic heterocycles. The molecule has 0 bridgehead atoms. The van der Waals surface area contributed by atoms with E-state index in [1.807, 2.05) is 12.1 Å². The fourth-order valence-corrected chi connectivity index (χ4v) is 2.41. The van der Waals surface area contributed by atoms with Crippen LogP contribution in [0, 0.1) is 12.8 Å². The second-order valence-electron chi connectivity index (χ2n) is 5.09. The summed E-state index contributed by atoms with van der Waals surface area (Å²) in [4.78, 5) is 22.2. The lowest BCUT2D eigenvalue weighted by atomic mass is 10.0. The fourth-order valence-electron chi connectivity index (χ4n) is 2.41. The van der Waals surface area contributed by atoms with Gasteiger partial charge in [0, 0.05) is 18.9 Å². The molecule has 0 spiro atoms. The summed E-state index contributed by atoms with van der Waals surface area (Å²) in [5.74, 6) is -0.372. The first kappa shape index (κ1) is 13.6. The van der Waals surface area contributed by atoms with Crippen molar-refractivity contribution in [1.82, 2.24) is 5.32 Å². The normalized spacial score (nSPS) is 20.9. The van der Waals surface area contributed by atoms with Gasteiger partial charge in [-0.05, 0) is 36.8 Å². The molecule has 102 valence electrons. The summed E-state index contributed by atoms with van der Waals surface area (Å²) in [7, 11) is 0. The summed E-state index contributed by atoms with van der Waals surface area (Å²) >= 11 is 0. The zero-order valence-corrected chi connectivity index (χ0v) is 11.1. The number of carbonyl (C=O) groups is 2. The minimum Gasteiger partial charge on any atom is -0.481 e. The molecular weight excluding hydrogens is 242 g/mol. The van der Waals surface area contributed by atoms with Crippen LogP contribution in [0.1, 0.15) is 36.3 Å². The van der Waals surface area contributed by atoms with Crippen molar-refractivity contribution in [1.29, 1.82) is 0 Å². The minimum atomic E-state index is -0.821. The van der Waals surface area contributed by atoms with Crippen molar-refractivity contribution >= 4 is 11.9 Å². The van der Waals surface area contributed by atoms with E-state index < -0.39 is 5.97 Å². The number of amides is 1. The van der Waals surface area contributed by atoms with E-state index in [0.717, 1.165) is 6.42 Å². The number of hydrogen-bond acceptors (Lipinski definition) is 2. The van der Waals surface area contributed by atoms with Crippen LogP contribution in [0.4, 0.5) is 0 Å². The highest BCUT2D eigenvalue weighted by Gasteiger charge is 2.44. The first-order valence-electron chi connectivity index (χ1n) is 6.64. The number of carboxylic acid groups (broad SMARTS) is 1. The third-order valence-corrected chi connectivity index (χ3v) is 3.58. The average molecular weight is 261 g/mol. The smallest absolute Gasteiger partial charge is 0.303 e. The van der Waals surface area contributed by atoms with Crippen LogP contribution in [0.3, 0.4) is 0 Å². The van der Waals surface area contributed by atoms with Crippen molar-refractivity contribution in [3.05, 3.63) is 35.4 Å². The molecule has 1 amide bonds. The predicted octanol–water partition coefficient (Wildman–Crippen LogP) is 2.08. The molecule has 1 fully saturated rings. The van der Waals surface area contributed by atoms with Crippen LogP contribution < -0.4 is 5.32 Å². The topological polar surface area (TPSA) is 66.4 Å². The molecule has 2 rings (SSSR count). The number of aliphatic carboxylic acids is 1. The Morgan fingerprint density at radius 3 is 2.79 bits per heavy atom. The second kappa shape index (κ2) is 5.87. The molecule has 1 aromatic carbocycles. The molecule has 1 aromatic rings. The van der Waals surface area contributed by atoms with Gasteiger partial charge in [0.05, 0.1) is 0 Å². The zero-order valence-electron chi connectivity index (χ0n) is 11.1. The molecule has 1 aliphatic rings. The molecule has 1 saturated carbocycles. The fraction of sp³-hybridized carbons (Fsp3) is 0.467. The molecule has 0 radical (unpaired) electrons. The van der Waals surface area contributed by atoms with E-state index >= 15 is 0 Å². The summed E-state index contributed by atoms with van der Waals surface area (Å²) in [6.45, 7) is 2.51. The lowest BCUT2D eigenvalue weighted by Gasteiger charge is -2.06. The number of hydrogen-bond donors (Lipinski definition) is 2. The van der Waals surface area contributed by atoms with Gasteiger partial charge < -0.3 is 10.4 Å². The molecule has 19 heavy (non-hydrogen) atoms. The summed E-state index contributed by atoms with van der Waals surface area (Å²) in [6, 6.07) is 8.15. The van der Waals surface area contributed by atoms with Crippen LogP contribution in [0.2, 0.25) is 0 Å². The first-order valence-corrected chi connectivity index (χ1v) is 6.64. The Hall–Kier alpha value is -1.84. The van der Waals surface area contributed by atoms with Crippen LogP contribution in [-0.2, 0) is 9.59 Å². The van der Waals surface area contributed by atoms with Crippen molar-refractivity contribution in [3.63, 3.8) is 0 Å². The Labute approximate surface area is 112 Å². The molecule has 0 saturated heterocycles. The lowest BCUT2D eigenvalue weighted by Crippen LogP contribution is -2.26. The van der Waals surface area contributed by atoms with E-state index in [2.05, 4.69) is 24.4 Å². The van der Waals surface area contributed by atoms with Gasteiger partial charge in [0.25, 0.3) is 0 Å². The van der Waals surface area contributed by atoms with Crippen LogP contribution in [0.25, 0.3) is 0 Å². The Morgan fingerprint density at radius 1 is 1.37 bits per heavy atom. The Morgan fingerprint density at radius 2 is 2.11 bits per heavy atom. The minimum absolute atomic E-state index is 0.0543. The van der Waals surface area contributed by atoms with E-state index in [4.69, 9.17) is 5.11 Å². The highest BCUT2D eigenvalue weighted by atomic mass is 16.4. The largest absolute Gasteiger partial charge is 0.481 e. The number of nitrogens with one attached hydrogen (secondary N) is 1. The number of rotatable bonds is 6. The maximum atomic E-state index is 11.9. The summed E-state index contributed by atoms with van der Waals surface area (Å²) in [6.07, 6.45) is 1.49. The quantitative estimate of drug-likeness (QED) is 0.770. The Kier molecular flexibility index (Phi) is 4.20. The van der Waals surface area contributed by atoms with Gasteiger partial charge in [0.2, 0.25) is 5.91 Å². The van der Waals surface area contributed by atoms with Crippen LogP contribution in [0.5, 0.6) is 0 Å². The van der Waals surface area contributed by atoms with E-state index in [1.54, 1.807) is 0 Å². The summed E-state index contributed by atoms with van der Waals surface area (Å²) in [5.41, 5.74) is 2.49. The molecule has 1 aliphatic carbocycles. The lowest BCUT2D eigenvalue weighted by molar-refractivity contribution is -0.137. The van der Waals surface area contributed by atoms with Gasteiger partial charge in [-0.1, -0.05) is 24.3 Å². The second-order valence-corrected chi connectivity index (χ2v) is 5.09. The standard InChI is InChI=1S/C15H19NO3/c1-10-5-2-3-6-11(10)12-9-13(12)15(19)16-8-4-7-14(17)18/h2-3,5-6,12-13H,4,7-9H2,1H3,(H,16,19)(H,17,18). The van der Waals surface area contributed by atoms with E-state index in [0.29, 0.717) is 18.9 Å². The maximum absolute atomic E-state index is 11.9. The Bertz CT molecular complexity index is 484. The Balaban J connectivity index is 1.78. The van der Waals surface area contributed by atoms with E-state index in [1.165, 1.54) is 11.1 Å². The molecule has 2 unspecified atom stereocenters. The van der Waals surface area contributed by atoms with Crippen molar-refractivity contribution < 1.29 is 14.7 Å². The average Bonchev–Trinajstić information content (AvgIpc) is 3.15. The molecule has 2 N–H and O–H groups in total. The van der Waals surface area contributed by atoms with Gasteiger partial charge in [-0.15, -0.1) is 0 Å². The van der Waals surface area contributed by atoms with Crippen LogP contribution >= 0.6 is 0 Å². The van der Waals surface area contributed by atoms with Crippen molar-refractivity contribution in [3.8, 4) is 0 Å². The molecule has 0 heterocycles. The van der Waals surface area contributed by atoms with Crippen LogP contribution in [0.15, 0.2) is 24.3 Å². The van der Waals surface area contributed by atoms with Gasteiger partial charge in [0.15, 0.2) is 0 Å². The third-order valence-electron chi connectivity index (χ3n) is 3.58. The molecule has 0 aliphatic heterocycles. The van der Waals surface area contributed by atoms with Crippen LogP contribution in [-0.4, -0.2) is 23.5 Å². The molecule has 4 heteroatoms. The van der Waals surface area contributed by atoms with Crippen molar-refractivity contribution in [2.75, 3.05) is 6.54 Å². The number of carboxylic acids is 1. The summed E-state index contributed by atoms with van der Waals surface area (Å²) in [5, 5.41) is 11.3. The van der Waals surface area contributed by atoms with Gasteiger partial charge in [-0.25, -0.2) is 0 Å². The van der Waals surface area contributed by atoms with E-state index in [-0.39, 0.29) is 18.2 Å². The number of carbonyl (C=O) groups excluding carboxylic acids is 1.